The molecule has 3 aromatic rings. The van der Waals surface area contributed by atoms with Crippen LogP contribution in [0, 0.1) is 6.92 Å². The first kappa shape index (κ1) is 17.8. The predicted octanol–water partition coefficient (Wildman–Crippen LogP) is 2.50. The molecule has 2 aliphatic rings. The summed E-state index contributed by atoms with van der Waals surface area (Å²) < 4.78 is 5.14. The molecular weight excluding hydrogens is 368 g/mol. The third-order valence-corrected chi connectivity index (χ3v) is 5.60. The Balaban J connectivity index is 1.48. The molecule has 0 aliphatic carbocycles. The second-order valence-corrected chi connectivity index (χ2v) is 7.50. The number of nitrogens with zero attached hydrogens (tertiary/aromatic N) is 5. The summed E-state index contributed by atoms with van der Waals surface area (Å²) >= 11 is 0. The van der Waals surface area contributed by atoms with Gasteiger partial charge in [0.1, 0.15) is 11.5 Å². The lowest BCUT2D eigenvalue weighted by atomic mass is 9.95. The minimum atomic E-state index is -0.121. The Kier molecular flexibility index (Phi) is 4.46. The molecule has 0 bridgehead atoms. The van der Waals surface area contributed by atoms with Crippen molar-refractivity contribution in [2.75, 3.05) is 24.5 Å². The van der Waals surface area contributed by atoms with E-state index in [-0.39, 0.29) is 5.91 Å². The monoisotopic (exact) mass is 390 g/mol. The molecule has 1 saturated heterocycles. The lowest BCUT2D eigenvalue weighted by Crippen LogP contribution is -2.38. The summed E-state index contributed by atoms with van der Waals surface area (Å²) in [4.78, 5) is 28.7. The summed E-state index contributed by atoms with van der Waals surface area (Å²) in [7, 11) is 0. The van der Waals surface area contributed by atoms with Crippen molar-refractivity contribution < 1.29 is 9.32 Å². The van der Waals surface area contributed by atoms with Crippen molar-refractivity contribution in [3.63, 3.8) is 0 Å². The van der Waals surface area contributed by atoms with Crippen LogP contribution >= 0.6 is 0 Å². The van der Waals surface area contributed by atoms with Crippen LogP contribution in [0.5, 0.6) is 0 Å². The summed E-state index contributed by atoms with van der Waals surface area (Å²) in [5, 5.41) is 6.99. The summed E-state index contributed by atoms with van der Waals surface area (Å²) in [5.74, 6) is 3.03. The first-order chi connectivity index (χ1) is 14.2. The topological polar surface area (TPSA) is 97.0 Å². The van der Waals surface area contributed by atoms with Gasteiger partial charge >= 0.3 is 0 Å². The van der Waals surface area contributed by atoms with Gasteiger partial charge in [-0.25, -0.2) is 9.97 Å². The third kappa shape index (κ3) is 3.35. The number of fused-ring (bicyclic) bond motifs is 1. The number of aryl methyl sites for hydroxylation is 1. The Morgan fingerprint density at radius 1 is 1.10 bits per heavy atom. The number of carbonyl (C=O) groups excluding carboxylic acids is 1. The van der Waals surface area contributed by atoms with Gasteiger partial charge in [0.15, 0.2) is 11.6 Å². The zero-order valence-electron chi connectivity index (χ0n) is 16.3. The van der Waals surface area contributed by atoms with E-state index >= 15 is 0 Å². The Morgan fingerprint density at radius 2 is 1.90 bits per heavy atom. The highest BCUT2D eigenvalue weighted by atomic mass is 16.5. The number of rotatable bonds is 3. The predicted molar refractivity (Wildman–Crippen MR) is 107 cm³/mol. The lowest BCUT2D eigenvalue weighted by molar-refractivity contribution is 0.0940. The van der Waals surface area contributed by atoms with Crippen LogP contribution in [0.25, 0.3) is 11.4 Å². The molecule has 0 spiro atoms. The van der Waals surface area contributed by atoms with E-state index in [0.29, 0.717) is 29.9 Å². The van der Waals surface area contributed by atoms with E-state index in [1.807, 2.05) is 37.3 Å². The van der Waals surface area contributed by atoms with Gasteiger partial charge in [0.05, 0.1) is 0 Å². The molecule has 148 valence electrons. The van der Waals surface area contributed by atoms with Gasteiger partial charge in [-0.1, -0.05) is 35.5 Å². The van der Waals surface area contributed by atoms with Crippen molar-refractivity contribution in [3.8, 4) is 11.4 Å². The van der Waals surface area contributed by atoms with Crippen LogP contribution in [0.15, 0.2) is 34.9 Å². The Labute approximate surface area is 168 Å². The molecule has 2 aromatic heterocycles. The molecule has 0 radical (unpaired) electrons. The highest BCUT2D eigenvalue weighted by molar-refractivity contribution is 5.96. The molecule has 0 saturated carbocycles. The quantitative estimate of drug-likeness (QED) is 0.734. The molecule has 4 heterocycles. The van der Waals surface area contributed by atoms with E-state index in [1.165, 1.54) is 0 Å². The van der Waals surface area contributed by atoms with Gasteiger partial charge in [0.2, 0.25) is 5.89 Å². The largest absolute Gasteiger partial charge is 0.356 e. The maximum absolute atomic E-state index is 12.5. The smallest absolute Gasteiger partial charge is 0.270 e. The van der Waals surface area contributed by atoms with Gasteiger partial charge in [-0.2, -0.15) is 4.98 Å². The fourth-order valence-electron chi connectivity index (χ4n) is 4.08. The molecule has 29 heavy (non-hydrogen) atoms. The molecule has 1 N–H and O–H groups in total. The Morgan fingerprint density at radius 3 is 2.62 bits per heavy atom. The van der Waals surface area contributed by atoms with Gasteiger partial charge in [0.25, 0.3) is 5.91 Å². The Hall–Kier alpha value is -3.29. The summed E-state index contributed by atoms with van der Waals surface area (Å²) in [6.07, 6.45) is 2.59. The van der Waals surface area contributed by atoms with E-state index < -0.39 is 0 Å². The number of benzene rings is 1. The molecule has 1 amide bonds. The van der Waals surface area contributed by atoms with E-state index in [2.05, 4.69) is 25.3 Å². The van der Waals surface area contributed by atoms with E-state index in [9.17, 15) is 4.79 Å². The van der Waals surface area contributed by atoms with Crippen molar-refractivity contribution in [1.29, 1.82) is 0 Å². The van der Waals surface area contributed by atoms with E-state index in [1.54, 1.807) is 0 Å². The summed E-state index contributed by atoms with van der Waals surface area (Å²) in [6, 6.07) is 9.81. The van der Waals surface area contributed by atoms with Crippen LogP contribution in [0.4, 0.5) is 5.82 Å². The second kappa shape index (κ2) is 7.27. The number of nitrogens with one attached hydrogen (secondary N) is 1. The van der Waals surface area contributed by atoms with Crippen LogP contribution in [0.2, 0.25) is 0 Å². The van der Waals surface area contributed by atoms with Crippen LogP contribution in [-0.4, -0.2) is 45.7 Å². The summed E-state index contributed by atoms with van der Waals surface area (Å²) in [5.41, 5.74) is 2.35. The normalized spacial score (nSPS) is 17.1. The fraction of sp³-hybridized carbons (Fsp3) is 0.381. The number of anilines is 1. The summed E-state index contributed by atoms with van der Waals surface area (Å²) in [6.45, 7) is 4.09. The van der Waals surface area contributed by atoms with Crippen LogP contribution in [0.1, 0.15) is 46.5 Å². The zero-order valence-corrected chi connectivity index (χ0v) is 16.3. The number of aromatic nitrogens is 4. The van der Waals surface area contributed by atoms with Crippen molar-refractivity contribution in [3.05, 3.63) is 53.3 Å². The van der Waals surface area contributed by atoms with Crippen molar-refractivity contribution >= 4 is 11.7 Å². The molecule has 8 heteroatoms. The molecule has 0 unspecified atom stereocenters. The van der Waals surface area contributed by atoms with Gasteiger partial charge in [-0.05, 0) is 19.3 Å². The number of carbonyl (C=O) groups is 1. The van der Waals surface area contributed by atoms with E-state index in [4.69, 9.17) is 9.51 Å². The van der Waals surface area contributed by atoms with Crippen LogP contribution < -0.4 is 10.2 Å². The maximum Gasteiger partial charge on any atom is 0.270 e. The van der Waals surface area contributed by atoms with Crippen molar-refractivity contribution in [2.24, 2.45) is 0 Å². The first-order valence-electron chi connectivity index (χ1n) is 9.99. The van der Waals surface area contributed by atoms with Crippen molar-refractivity contribution in [1.82, 2.24) is 25.4 Å². The Bertz CT molecular complexity index is 1040. The molecule has 1 fully saturated rings. The zero-order chi connectivity index (χ0) is 19.8. The lowest BCUT2D eigenvalue weighted by Gasteiger charge is -2.34. The number of amides is 1. The first-order valence-corrected chi connectivity index (χ1v) is 9.99. The average molecular weight is 390 g/mol. The highest BCUT2D eigenvalue weighted by Crippen LogP contribution is 2.32. The minimum absolute atomic E-state index is 0.121. The molecule has 8 nitrogen and oxygen atoms in total. The molecule has 5 rings (SSSR count). The van der Waals surface area contributed by atoms with Gasteiger partial charge in [-0.3, -0.25) is 4.79 Å². The van der Waals surface area contributed by atoms with Gasteiger partial charge < -0.3 is 14.7 Å². The van der Waals surface area contributed by atoms with Crippen LogP contribution in [-0.2, 0) is 6.42 Å². The SMILES string of the molecule is Cc1nc(C2CCN(c3nc(-c4ccccc4)nc4c3CCNC4=O)CC2)no1. The average Bonchev–Trinajstić information content (AvgIpc) is 3.20. The number of hydrogen-bond acceptors (Lipinski definition) is 7. The molecular formula is C21H22N6O2. The number of piperidine rings is 1. The third-order valence-electron chi connectivity index (χ3n) is 5.60. The minimum Gasteiger partial charge on any atom is -0.356 e. The van der Waals surface area contributed by atoms with Gasteiger partial charge in [0, 0.05) is 43.6 Å². The fourth-order valence-corrected chi connectivity index (χ4v) is 4.08. The standard InChI is InChI=1S/C21H22N6O2/c1-13-23-19(26-29-13)15-8-11-27(12-9-15)20-16-7-10-22-21(28)17(16)24-18(25-20)14-5-3-2-4-6-14/h2-6,15H,7-12H2,1H3,(H,22,28). The molecule has 2 aliphatic heterocycles. The number of hydrogen-bond donors (Lipinski definition) is 1. The van der Waals surface area contributed by atoms with Crippen LogP contribution in [0.3, 0.4) is 0 Å². The van der Waals surface area contributed by atoms with E-state index in [0.717, 1.165) is 55.1 Å². The maximum atomic E-state index is 12.5. The molecule has 0 atom stereocenters. The highest BCUT2D eigenvalue weighted by Gasteiger charge is 2.30. The van der Waals surface area contributed by atoms with Crippen molar-refractivity contribution in [2.45, 2.75) is 32.1 Å². The van der Waals surface area contributed by atoms with Gasteiger partial charge in [-0.15, -0.1) is 0 Å². The molecule has 1 aromatic carbocycles. The second-order valence-electron chi connectivity index (χ2n) is 7.50.